The molecular formula is C20H28F2O. The Morgan fingerprint density at radius 3 is 2.39 bits per heavy atom. The van der Waals surface area contributed by atoms with Gasteiger partial charge in [-0.05, 0) is 43.8 Å². The zero-order valence-electron chi connectivity index (χ0n) is 14.8. The van der Waals surface area contributed by atoms with Gasteiger partial charge in [0.25, 0.3) is 5.92 Å². The van der Waals surface area contributed by atoms with Gasteiger partial charge in [-0.2, -0.15) is 0 Å². The first-order valence-electron chi connectivity index (χ1n) is 8.00. The SMILES string of the molecule is CC1=C(/C=C/C(C)=C/C=C/C(C)=C/CO)C(C)(C)CCC1(F)F. The molecule has 1 aliphatic carbocycles. The average molecular weight is 322 g/mol. The molecule has 1 nitrogen and oxygen atoms in total. The summed E-state index contributed by atoms with van der Waals surface area (Å²) in [7, 11) is 0. The van der Waals surface area contributed by atoms with E-state index in [1.165, 1.54) is 0 Å². The predicted molar refractivity (Wildman–Crippen MR) is 93.5 cm³/mol. The van der Waals surface area contributed by atoms with Gasteiger partial charge in [0.05, 0.1) is 6.61 Å². The van der Waals surface area contributed by atoms with Crippen LogP contribution in [-0.2, 0) is 0 Å². The molecule has 0 radical (unpaired) electrons. The number of hydrogen-bond acceptors (Lipinski definition) is 1. The third kappa shape index (κ3) is 5.58. The van der Waals surface area contributed by atoms with E-state index in [0.29, 0.717) is 6.42 Å². The lowest BCUT2D eigenvalue weighted by molar-refractivity contribution is 0.00976. The Hall–Kier alpha value is -1.48. The van der Waals surface area contributed by atoms with Crippen molar-refractivity contribution < 1.29 is 13.9 Å². The highest BCUT2D eigenvalue weighted by Gasteiger charge is 2.42. The maximum absolute atomic E-state index is 13.9. The van der Waals surface area contributed by atoms with Crippen LogP contribution in [0.15, 0.2) is 58.7 Å². The second-order valence-corrected chi connectivity index (χ2v) is 6.86. The Bertz CT molecular complexity index is 572. The third-order valence-corrected chi connectivity index (χ3v) is 4.39. The molecule has 0 aliphatic heterocycles. The van der Waals surface area contributed by atoms with Crippen molar-refractivity contribution in [2.24, 2.45) is 5.41 Å². The maximum Gasteiger partial charge on any atom is 0.269 e. The number of alkyl halides is 2. The molecule has 0 spiro atoms. The summed E-state index contributed by atoms with van der Waals surface area (Å²) in [5, 5.41) is 8.79. The lowest BCUT2D eigenvalue weighted by atomic mass is 9.71. The summed E-state index contributed by atoms with van der Waals surface area (Å²) in [5.74, 6) is -2.70. The van der Waals surface area contributed by atoms with E-state index in [2.05, 4.69) is 0 Å². The van der Waals surface area contributed by atoms with Gasteiger partial charge in [0.15, 0.2) is 0 Å². The molecule has 0 atom stereocenters. The van der Waals surface area contributed by atoms with Gasteiger partial charge >= 0.3 is 0 Å². The van der Waals surface area contributed by atoms with Crippen molar-refractivity contribution in [3.05, 3.63) is 58.7 Å². The summed E-state index contributed by atoms with van der Waals surface area (Å²) in [5.41, 5.74) is 2.67. The Morgan fingerprint density at radius 2 is 1.78 bits per heavy atom. The maximum atomic E-state index is 13.9. The molecule has 23 heavy (non-hydrogen) atoms. The van der Waals surface area contributed by atoms with Gasteiger partial charge in [-0.25, -0.2) is 8.78 Å². The Kier molecular flexibility index (Phi) is 6.69. The van der Waals surface area contributed by atoms with E-state index in [4.69, 9.17) is 5.11 Å². The first kappa shape index (κ1) is 19.6. The topological polar surface area (TPSA) is 20.2 Å². The minimum Gasteiger partial charge on any atom is -0.392 e. The van der Waals surface area contributed by atoms with Crippen LogP contribution < -0.4 is 0 Å². The molecule has 0 saturated carbocycles. The number of aliphatic hydroxyl groups excluding tert-OH is 1. The van der Waals surface area contributed by atoms with Crippen LogP contribution in [0.5, 0.6) is 0 Å². The molecule has 1 rings (SSSR count). The van der Waals surface area contributed by atoms with Gasteiger partial charge in [-0.1, -0.05) is 61.4 Å². The summed E-state index contributed by atoms with van der Waals surface area (Å²) in [6.07, 6.45) is 11.6. The first-order valence-corrected chi connectivity index (χ1v) is 8.00. The van der Waals surface area contributed by atoms with E-state index >= 15 is 0 Å². The molecule has 0 amide bonds. The molecular weight excluding hydrogens is 294 g/mol. The van der Waals surface area contributed by atoms with Gasteiger partial charge in [-0.15, -0.1) is 0 Å². The van der Waals surface area contributed by atoms with Crippen molar-refractivity contribution in [3.8, 4) is 0 Å². The molecule has 1 N–H and O–H groups in total. The highest BCUT2D eigenvalue weighted by Crippen LogP contribution is 2.47. The molecule has 3 heteroatoms. The van der Waals surface area contributed by atoms with Crippen molar-refractivity contribution in [1.29, 1.82) is 0 Å². The van der Waals surface area contributed by atoms with E-state index in [1.54, 1.807) is 13.0 Å². The van der Waals surface area contributed by atoms with Crippen molar-refractivity contribution in [2.45, 2.75) is 53.4 Å². The lowest BCUT2D eigenvalue weighted by Crippen LogP contribution is -2.31. The summed E-state index contributed by atoms with van der Waals surface area (Å²) < 4.78 is 27.9. The van der Waals surface area contributed by atoms with Gasteiger partial charge < -0.3 is 5.11 Å². The number of rotatable bonds is 5. The molecule has 0 heterocycles. The molecule has 128 valence electrons. The fourth-order valence-corrected chi connectivity index (χ4v) is 2.68. The minimum absolute atomic E-state index is 0.0233. The van der Waals surface area contributed by atoms with Crippen LogP contribution >= 0.6 is 0 Å². The molecule has 0 aromatic rings. The average Bonchev–Trinajstić information content (AvgIpc) is 2.44. The smallest absolute Gasteiger partial charge is 0.269 e. The molecule has 0 bridgehead atoms. The Morgan fingerprint density at radius 1 is 1.13 bits per heavy atom. The molecule has 0 aromatic carbocycles. The van der Waals surface area contributed by atoms with Crippen LogP contribution in [-0.4, -0.2) is 17.6 Å². The quantitative estimate of drug-likeness (QED) is 0.638. The third-order valence-electron chi connectivity index (χ3n) is 4.39. The van der Waals surface area contributed by atoms with E-state index < -0.39 is 5.92 Å². The number of halogens is 2. The van der Waals surface area contributed by atoms with Crippen LogP contribution in [0.25, 0.3) is 0 Å². The molecule has 0 unspecified atom stereocenters. The van der Waals surface area contributed by atoms with Gasteiger partial charge in [0, 0.05) is 6.42 Å². The second-order valence-electron chi connectivity index (χ2n) is 6.86. The number of allylic oxidation sites excluding steroid dienone is 9. The molecule has 0 saturated heterocycles. The molecule has 0 aromatic heterocycles. The fraction of sp³-hybridized carbons (Fsp3) is 0.500. The van der Waals surface area contributed by atoms with Crippen molar-refractivity contribution in [1.82, 2.24) is 0 Å². The zero-order chi connectivity index (χ0) is 17.7. The Balaban J connectivity index is 2.95. The standard InChI is InChI=1S/C20H28F2O/c1-15(7-6-8-16(2)11-14-23)9-10-18-17(3)20(21,22)13-12-19(18,4)5/h6-11,23H,12-14H2,1-5H3/b8-6+,10-9+,15-7+,16-11+. The largest absolute Gasteiger partial charge is 0.392 e. The van der Waals surface area contributed by atoms with Crippen LogP contribution in [0.4, 0.5) is 8.78 Å². The van der Waals surface area contributed by atoms with E-state index in [-0.39, 0.29) is 24.0 Å². The molecule has 0 fully saturated rings. The summed E-state index contributed by atoms with van der Waals surface area (Å²) in [6.45, 7) is 9.46. The van der Waals surface area contributed by atoms with E-state index in [9.17, 15) is 8.78 Å². The summed E-state index contributed by atoms with van der Waals surface area (Å²) >= 11 is 0. The normalized spacial score (nSPS) is 22.4. The zero-order valence-corrected chi connectivity index (χ0v) is 14.8. The monoisotopic (exact) mass is 322 g/mol. The van der Waals surface area contributed by atoms with Crippen LogP contribution in [0.2, 0.25) is 0 Å². The van der Waals surface area contributed by atoms with Crippen molar-refractivity contribution >= 4 is 0 Å². The van der Waals surface area contributed by atoms with Crippen molar-refractivity contribution in [2.75, 3.05) is 6.61 Å². The lowest BCUT2D eigenvalue weighted by Gasteiger charge is -2.37. The second kappa shape index (κ2) is 7.87. The highest BCUT2D eigenvalue weighted by molar-refractivity contribution is 5.39. The highest BCUT2D eigenvalue weighted by atomic mass is 19.3. The van der Waals surface area contributed by atoms with E-state index in [1.807, 2.05) is 58.1 Å². The van der Waals surface area contributed by atoms with Crippen LogP contribution in [0.1, 0.15) is 47.5 Å². The van der Waals surface area contributed by atoms with Gasteiger partial charge in [-0.3, -0.25) is 0 Å². The predicted octanol–water partition coefficient (Wildman–Crippen LogP) is 5.76. The van der Waals surface area contributed by atoms with Gasteiger partial charge in [0.2, 0.25) is 0 Å². The summed E-state index contributed by atoms with van der Waals surface area (Å²) in [6, 6.07) is 0. The first-order chi connectivity index (χ1) is 10.6. The van der Waals surface area contributed by atoms with Crippen LogP contribution in [0, 0.1) is 5.41 Å². The van der Waals surface area contributed by atoms with E-state index in [0.717, 1.165) is 16.7 Å². The number of hydrogen-bond donors (Lipinski definition) is 1. The van der Waals surface area contributed by atoms with Gasteiger partial charge in [0.1, 0.15) is 0 Å². The Labute approximate surface area is 138 Å². The minimum atomic E-state index is -2.70. The van der Waals surface area contributed by atoms with Crippen LogP contribution in [0.3, 0.4) is 0 Å². The summed E-state index contributed by atoms with van der Waals surface area (Å²) in [4.78, 5) is 0. The molecule has 1 aliphatic rings. The number of aliphatic hydroxyl groups is 1. The van der Waals surface area contributed by atoms with Crippen molar-refractivity contribution in [3.63, 3.8) is 0 Å². The fourth-order valence-electron chi connectivity index (χ4n) is 2.68.